The Hall–Kier alpha value is -2.52. The molecule has 0 aliphatic rings. The predicted molar refractivity (Wildman–Crippen MR) is 90.2 cm³/mol. The summed E-state index contributed by atoms with van der Waals surface area (Å²) in [5.41, 5.74) is 3.50. The van der Waals surface area contributed by atoms with Crippen molar-refractivity contribution < 1.29 is 4.39 Å². The first-order chi connectivity index (χ1) is 11.4. The van der Waals surface area contributed by atoms with Crippen LogP contribution in [0.3, 0.4) is 0 Å². The normalized spacial score (nSPS) is 12.0. The summed E-state index contributed by atoms with van der Waals surface area (Å²) < 4.78 is 18.3. The number of aromatic nitrogens is 4. The molecule has 1 aromatic carbocycles. The Labute approximate surface area is 133 Å². The fraction of sp³-hybridized carbons (Fsp3) is 0.118. The molecule has 4 aromatic rings. The largest absolute Gasteiger partial charge is 0.346 e. The van der Waals surface area contributed by atoms with E-state index in [1.54, 1.807) is 6.20 Å². The van der Waals surface area contributed by atoms with Crippen LogP contribution in [0.2, 0.25) is 0 Å². The number of benzene rings is 1. The van der Waals surface area contributed by atoms with Gasteiger partial charge in [-0.05, 0) is 19.3 Å². The molecule has 0 bridgehead atoms. The standard InChI is InChI=1S/C17H14FN4P/c18-8-15-14(16-13-6-7-19-17(13)21-11-20-16)9-22-23(15)10-12-4-2-1-3-5-12/h1-7,9,11H,8,10H2,(H,19,20,21). The van der Waals surface area contributed by atoms with Crippen molar-refractivity contribution >= 4 is 18.7 Å². The van der Waals surface area contributed by atoms with Gasteiger partial charge in [-0.2, -0.15) is 0 Å². The summed E-state index contributed by atoms with van der Waals surface area (Å²) in [5, 5.41) is 1.65. The van der Waals surface area contributed by atoms with E-state index in [0.29, 0.717) is 0 Å². The average Bonchev–Trinajstić information content (AvgIpc) is 3.22. The van der Waals surface area contributed by atoms with Gasteiger partial charge in [0.2, 0.25) is 0 Å². The van der Waals surface area contributed by atoms with Gasteiger partial charge < -0.3 is 4.98 Å². The summed E-state index contributed by atoms with van der Waals surface area (Å²) in [6, 6.07) is 12.0. The van der Waals surface area contributed by atoms with E-state index in [9.17, 15) is 4.39 Å². The number of hydrogen-bond acceptors (Lipinski definition) is 3. The van der Waals surface area contributed by atoms with E-state index in [2.05, 4.69) is 31.8 Å². The summed E-state index contributed by atoms with van der Waals surface area (Å²) in [6.07, 6.45) is 5.86. The fourth-order valence-corrected chi connectivity index (χ4v) is 4.53. The van der Waals surface area contributed by atoms with Crippen LogP contribution in [0.15, 0.2) is 55.1 Å². The maximum absolute atomic E-state index is 13.7. The molecule has 114 valence electrons. The number of H-pyrrole nitrogens is 1. The minimum atomic E-state index is -0.885. The van der Waals surface area contributed by atoms with Gasteiger partial charge in [0.15, 0.2) is 0 Å². The fourth-order valence-electron chi connectivity index (χ4n) is 2.73. The first-order valence-electron chi connectivity index (χ1n) is 7.30. The smallest absolute Gasteiger partial charge is 0.141 e. The van der Waals surface area contributed by atoms with Crippen molar-refractivity contribution in [1.82, 2.24) is 19.7 Å². The summed E-state index contributed by atoms with van der Waals surface area (Å²) in [5.74, 6) is 0. The van der Waals surface area contributed by atoms with Gasteiger partial charge in [0.1, 0.15) is 18.6 Å². The second-order valence-electron chi connectivity index (χ2n) is 5.24. The predicted octanol–water partition coefficient (Wildman–Crippen LogP) is 4.52. The van der Waals surface area contributed by atoms with Gasteiger partial charge in [-0.1, -0.05) is 30.3 Å². The third kappa shape index (κ3) is 2.53. The van der Waals surface area contributed by atoms with E-state index < -0.39 is 14.4 Å². The molecule has 0 fully saturated rings. The maximum atomic E-state index is 13.7. The Balaban J connectivity index is 1.80. The van der Waals surface area contributed by atoms with Crippen LogP contribution in [-0.2, 0) is 12.8 Å². The highest BCUT2D eigenvalue weighted by Gasteiger charge is 2.17. The van der Waals surface area contributed by atoms with Crippen molar-refractivity contribution in [3.05, 3.63) is 66.0 Å². The van der Waals surface area contributed by atoms with Gasteiger partial charge >= 0.3 is 0 Å². The van der Waals surface area contributed by atoms with Crippen LogP contribution < -0.4 is 0 Å². The summed E-state index contributed by atoms with van der Waals surface area (Å²) in [6.45, 7) is -0.496. The van der Waals surface area contributed by atoms with Gasteiger partial charge in [-0.15, -0.1) is 0 Å². The highest BCUT2D eigenvalue weighted by atomic mass is 31.1. The molecule has 23 heavy (non-hydrogen) atoms. The number of halogens is 1. The number of hydrogen-bond donors (Lipinski definition) is 1. The maximum Gasteiger partial charge on any atom is 0.141 e. The van der Waals surface area contributed by atoms with Crippen molar-refractivity contribution in [3.8, 4) is 11.3 Å². The third-order valence-corrected chi connectivity index (χ3v) is 5.90. The SMILES string of the molecule is FCc1c(-c2ncnc3[nH]ccc23)cnp1Cc1ccccc1. The number of nitrogens with one attached hydrogen (secondary N) is 1. The molecule has 3 aromatic heterocycles. The Bertz CT molecular complexity index is 946. The zero-order chi connectivity index (χ0) is 15.6. The van der Waals surface area contributed by atoms with Crippen molar-refractivity contribution in [2.24, 2.45) is 0 Å². The van der Waals surface area contributed by atoms with Crippen LogP contribution >= 0.6 is 7.69 Å². The van der Waals surface area contributed by atoms with Crippen molar-refractivity contribution in [3.63, 3.8) is 0 Å². The summed E-state index contributed by atoms with van der Waals surface area (Å²) in [4.78, 5) is 11.6. The highest BCUT2D eigenvalue weighted by molar-refractivity contribution is 7.46. The molecule has 0 spiro atoms. The molecule has 1 unspecified atom stereocenters. The van der Waals surface area contributed by atoms with Crippen LogP contribution in [0, 0.1) is 0 Å². The lowest BCUT2D eigenvalue weighted by atomic mass is 10.1. The number of fused-ring (bicyclic) bond motifs is 1. The molecule has 0 aliphatic carbocycles. The molecular formula is C17H14FN4P. The molecule has 1 N–H and O–H groups in total. The highest BCUT2D eigenvalue weighted by Crippen LogP contribution is 2.42. The molecule has 6 heteroatoms. The molecule has 3 heterocycles. The van der Waals surface area contributed by atoms with Crippen LogP contribution in [-0.4, -0.2) is 19.7 Å². The molecule has 0 amide bonds. The van der Waals surface area contributed by atoms with E-state index in [4.69, 9.17) is 0 Å². The van der Waals surface area contributed by atoms with Crippen LogP contribution in [0.4, 0.5) is 4.39 Å². The lowest BCUT2D eigenvalue weighted by Crippen LogP contribution is -1.89. The number of nitrogens with zero attached hydrogens (tertiary/aromatic N) is 3. The second kappa shape index (κ2) is 5.94. The average molecular weight is 324 g/mol. The van der Waals surface area contributed by atoms with E-state index in [1.807, 2.05) is 30.5 Å². The third-order valence-electron chi connectivity index (χ3n) is 3.86. The van der Waals surface area contributed by atoms with Crippen LogP contribution in [0.5, 0.6) is 0 Å². The Kier molecular flexibility index (Phi) is 3.64. The van der Waals surface area contributed by atoms with Crippen LogP contribution in [0.1, 0.15) is 10.9 Å². The lowest BCUT2D eigenvalue weighted by molar-refractivity contribution is 0.492. The molecular weight excluding hydrogens is 310 g/mol. The van der Waals surface area contributed by atoms with Gasteiger partial charge in [0, 0.05) is 34.8 Å². The van der Waals surface area contributed by atoms with Gasteiger partial charge in [0.05, 0.1) is 5.69 Å². The molecule has 0 saturated carbocycles. The molecule has 0 aliphatic heterocycles. The van der Waals surface area contributed by atoms with Gasteiger partial charge in [-0.25, -0.2) is 19.1 Å². The summed E-state index contributed by atoms with van der Waals surface area (Å²) >= 11 is 0. The summed E-state index contributed by atoms with van der Waals surface area (Å²) in [7, 11) is -0.885. The quantitative estimate of drug-likeness (QED) is 0.600. The van der Waals surface area contributed by atoms with Gasteiger partial charge in [0.25, 0.3) is 0 Å². The zero-order valence-electron chi connectivity index (χ0n) is 12.3. The van der Waals surface area contributed by atoms with E-state index in [1.165, 1.54) is 11.9 Å². The Morgan fingerprint density at radius 1 is 1.09 bits per heavy atom. The molecule has 0 radical (unpaired) electrons. The zero-order valence-corrected chi connectivity index (χ0v) is 13.2. The van der Waals surface area contributed by atoms with E-state index in [-0.39, 0.29) is 0 Å². The minimum Gasteiger partial charge on any atom is -0.346 e. The van der Waals surface area contributed by atoms with Crippen molar-refractivity contribution in [1.29, 1.82) is 0 Å². The van der Waals surface area contributed by atoms with E-state index >= 15 is 0 Å². The van der Waals surface area contributed by atoms with Crippen molar-refractivity contribution in [2.75, 3.05) is 0 Å². The molecule has 4 nitrogen and oxygen atoms in total. The van der Waals surface area contributed by atoms with Crippen LogP contribution in [0.25, 0.3) is 22.3 Å². The second-order valence-corrected chi connectivity index (χ2v) is 7.13. The number of rotatable bonds is 4. The molecule has 1 atom stereocenters. The van der Waals surface area contributed by atoms with E-state index in [0.717, 1.165) is 33.7 Å². The van der Waals surface area contributed by atoms with Crippen molar-refractivity contribution in [2.45, 2.75) is 12.8 Å². The first-order valence-corrected chi connectivity index (χ1v) is 8.78. The van der Waals surface area contributed by atoms with Gasteiger partial charge in [-0.3, -0.25) is 0 Å². The topological polar surface area (TPSA) is 54.5 Å². The Morgan fingerprint density at radius 3 is 2.78 bits per heavy atom. The minimum absolute atomic E-state index is 0.496. The monoisotopic (exact) mass is 324 g/mol. The number of alkyl halides is 1. The molecule has 4 rings (SSSR count). The first kappa shape index (κ1) is 14.1. The molecule has 0 saturated heterocycles. The Morgan fingerprint density at radius 2 is 1.96 bits per heavy atom. The lowest BCUT2D eigenvalue weighted by Gasteiger charge is -2.05. The number of aromatic amines is 1.